The third-order valence-electron chi connectivity index (χ3n) is 4.51. The molecule has 0 radical (unpaired) electrons. The first kappa shape index (κ1) is 24.3. The number of aliphatic hydroxyl groups is 2. The number of anilines is 2. The lowest BCUT2D eigenvalue weighted by molar-refractivity contribution is -0.116. The standard InChI is InChI=1S/C22H28N2O4S2/c1-23(17-9-5-3-6-10-17)21(27)15-29-13-19(25)20(26)14-30-16-22(28)24(2)18-11-7-4-8-12-18/h3-12,19-20,25-26H,13-16H2,1-2H3/t19-,20+. The monoisotopic (exact) mass is 448 g/mol. The van der Waals surface area contributed by atoms with Gasteiger partial charge in [-0.05, 0) is 24.3 Å². The van der Waals surface area contributed by atoms with Gasteiger partial charge in [0, 0.05) is 37.0 Å². The van der Waals surface area contributed by atoms with E-state index in [9.17, 15) is 19.8 Å². The molecule has 0 spiro atoms. The quantitative estimate of drug-likeness (QED) is 0.550. The van der Waals surface area contributed by atoms with E-state index >= 15 is 0 Å². The number of hydrogen-bond donors (Lipinski definition) is 2. The Morgan fingerprint density at radius 2 is 1.07 bits per heavy atom. The summed E-state index contributed by atoms with van der Waals surface area (Å²) in [6, 6.07) is 18.7. The smallest absolute Gasteiger partial charge is 0.236 e. The highest BCUT2D eigenvalue weighted by atomic mass is 32.2. The minimum absolute atomic E-state index is 0.0724. The van der Waals surface area contributed by atoms with Crippen LogP contribution < -0.4 is 9.80 Å². The van der Waals surface area contributed by atoms with Crippen LogP contribution in [0, 0.1) is 0 Å². The van der Waals surface area contributed by atoms with Crippen molar-refractivity contribution in [3.05, 3.63) is 60.7 Å². The van der Waals surface area contributed by atoms with Crippen LogP contribution in [-0.2, 0) is 9.59 Å². The highest BCUT2D eigenvalue weighted by Gasteiger charge is 2.19. The number of benzene rings is 2. The Morgan fingerprint density at radius 1 is 0.733 bits per heavy atom. The lowest BCUT2D eigenvalue weighted by atomic mass is 10.3. The summed E-state index contributed by atoms with van der Waals surface area (Å²) in [5, 5.41) is 20.3. The summed E-state index contributed by atoms with van der Waals surface area (Å²) in [6.45, 7) is 0. The molecule has 0 saturated carbocycles. The van der Waals surface area contributed by atoms with Crippen molar-refractivity contribution < 1.29 is 19.8 Å². The third kappa shape index (κ3) is 7.68. The molecule has 2 aromatic rings. The Morgan fingerprint density at radius 3 is 1.40 bits per heavy atom. The van der Waals surface area contributed by atoms with Gasteiger partial charge in [0.1, 0.15) is 0 Å². The predicted molar refractivity (Wildman–Crippen MR) is 126 cm³/mol. The Bertz CT molecular complexity index is 725. The number of aliphatic hydroxyl groups excluding tert-OH is 2. The molecule has 0 aliphatic carbocycles. The number of nitrogens with zero attached hydrogens (tertiary/aromatic N) is 2. The van der Waals surface area contributed by atoms with Gasteiger partial charge in [-0.1, -0.05) is 36.4 Å². The van der Waals surface area contributed by atoms with Gasteiger partial charge in [-0.25, -0.2) is 0 Å². The molecule has 0 bridgehead atoms. The second-order valence-corrected chi connectivity index (χ2v) is 8.80. The summed E-state index contributed by atoms with van der Waals surface area (Å²) in [4.78, 5) is 27.6. The number of amides is 2. The number of rotatable bonds is 11. The lowest BCUT2D eigenvalue weighted by Gasteiger charge is -2.20. The molecule has 8 heteroatoms. The van der Waals surface area contributed by atoms with Crippen LogP contribution in [0.1, 0.15) is 0 Å². The molecule has 2 rings (SSSR count). The second-order valence-electron chi connectivity index (χ2n) is 6.74. The largest absolute Gasteiger partial charge is 0.390 e. The molecule has 2 aromatic carbocycles. The van der Waals surface area contributed by atoms with Crippen LogP contribution in [0.3, 0.4) is 0 Å². The predicted octanol–water partition coefficient (Wildman–Crippen LogP) is 2.50. The zero-order valence-corrected chi connectivity index (χ0v) is 18.8. The van der Waals surface area contributed by atoms with E-state index in [2.05, 4.69) is 0 Å². The average molecular weight is 449 g/mol. The fourth-order valence-electron chi connectivity index (χ4n) is 2.54. The topological polar surface area (TPSA) is 81.1 Å². The van der Waals surface area contributed by atoms with Gasteiger partial charge >= 0.3 is 0 Å². The average Bonchev–Trinajstić information content (AvgIpc) is 2.78. The van der Waals surface area contributed by atoms with Crippen molar-refractivity contribution in [3.8, 4) is 0 Å². The van der Waals surface area contributed by atoms with Crippen molar-refractivity contribution in [1.29, 1.82) is 0 Å². The molecule has 0 unspecified atom stereocenters. The van der Waals surface area contributed by atoms with Crippen LogP contribution >= 0.6 is 23.5 Å². The molecule has 0 saturated heterocycles. The van der Waals surface area contributed by atoms with Crippen molar-refractivity contribution in [2.24, 2.45) is 0 Å². The van der Waals surface area contributed by atoms with Crippen LogP contribution in [0.15, 0.2) is 60.7 Å². The first-order chi connectivity index (χ1) is 14.4. The molecule has 0 aromatic heterocycles. The van der Waals surface area contributed by atoms with E-state index in [1.807, 2.05) is 60.7 Å². The van der Waals surface area contributed by atoms with Crippen LogP contribution in [0.5, 0.6) is 0 Å². The number of thioether (sulfide) groups is 2. The van der Waals surface area contributed by atoms with E-state index in [1.165, 1.54) is 23.5 Å². The molecule has 0 aliphatic rings. The van der Waals surface area contributed by atoms with E-state index in [-0.39, 0.29) is 34.8 Å². The number of carbonyl (C=O) groups is 2. The van der Waals surface area contributed by atoms with E-state index in [4.69, 9.17) is 0 Å². The van der Waals surface area contributed by atoms with Crippen molar-refractivity contribution in [2.75, 3.05) is 46.9 Å². The first-order valence-corrected chi connectivity index (χ1v) is 11.9. The van der Waals surface area contributed by atoms with Crippen molar-refractivity contribution in [1.82, 2.24) is 0 Å². The van der Waals surface area contributed by atoms with Gasteiger partial charge in [0.15, 0.2) is 0 Å². The molecule has 0 heterocycles. The van der Waals surface area contributed by atoms with E-state index in [0.717, 1.165) is 11.4 Å². The van der Waals surface area contributed by atoms with Crippen molar-refractivity contribution >= 4 is 46.7 Å². The molecular formula is C22H28N2O4S2. The van der Waals surface area contributed by atoms with Gasteiger partial charge in [-0.3, -0.25) is 9.59 Å². The molecule has 2 amide bonds. The van der Waals surface area contributed by atoms with Gasteiger partial charge in [-0.15, -0.1) is 23.5 Å². The molecular weight excluding hydrogens is 420 g/mol. The first-order valence-electron chi connectivity index (χ1n) is 9.55. The third-order valence-corrected chi connectivity index (χ3v) is 6.56. The van der Waals surface area contributed by atoms with E-state index in [1.54, 1.807) is 23.9 Å². The van der Waals surface area contributed by atoms with Crippen molar-refractivity contribution in [3.63, 3.8) is 0 Å². The molecule has 2 atom stereocenters. The maximum absolute atomic E-state index is 12.2. The lowest BCUT2D eigenvalue weighted by Crippen LogP contribution is -2.33. The Kier molecular flexibility index (Phi) is 10.2. The zero-order valence-electron chi connectivity index (χ0n) is 17.2. The minimum Gasteiger partial charge on any atom is -0.390 e. The van der Waals surface area contributed by atoms with Crippen molar-refractivity contribution in [2.45, 2.75) is 12.2 Å². The Hall–Kier alpha value is -2.00. The van der Waals surface area contributed by atoms with Crippen LogP contribution in [0.2, 0.25) is 0 Å². The summed E-state index contributed by atoms with van der Waals surface area (Å²) < 4.78 is 0. The molecule has 0 fully saturated rings. The second kappa shape index (κ2) is 12.6. The van der Waals surface area contributed by atoms with Gasteiger partial charge in [0.2, 0.25) is 11.8 Å². The van der Waals surface area contributed by atoms with Gasteiger partial charge in [0.25, 0.3) is 0 Å². The van der Waals surface area contributed by atoms with Crippen LogP contribution in [0.25, 0.3) is 0 Å². The highest BCUT2D eigenvalue weighted by molar-refractivity contribution is 8.00. The number of carbonyl (C=O) groups excluding carboxylic acids is 2. The molecule has 162 valence electrons. The number of hydrogen-bond acceptors (Lipinski definition) is 6. The molecule has 0 aliphatic heterocycles. The molecule has 30 heavy (non-hydrogen) atoms. The number of para-hydroxylation sites is 2. The van der Waals surface area contributed by atoms with Crippen LogP contribution in [-0.4, -0.2) is 71.3 Å². The maximum Gasteiger partial charge on any atom is 0.236 e. The molecule has 2 N–H and O–H groups in total. The fourth-order valence-corrected chi connectivity index (χ4v) is 4.44. The van der Waals surface area contributed by atoms with Crippen LogP contribution in [0.4, 0.5) is 11.4 Å². The summed E-state index contributed by atoms with van der Waals surface area (Å²) >= 11 is 2.55. The Labute approximate surface area is 186 Å². The Balaban J connectivity index is 1.65. The van der Waals surface area contributed by atoms with E-state index in [0.29, 0.717) is 0 Å². The normalized spacial score (nSPS) is 12.8. The minimum atomic E-state index is -0.959. The molecule has 6 nitrogen and oxygen atoms in total. The SMILES string of the molecule is CN(C(=O)CSC[C@@H](O)[C@@H](O)CSCC(=O)N(C)c1ccccc1)c1ccccc1. The maximum atomic E-state index is 12.2. The van der Waals surface area contributed by atoms with Gasteiger partial charge < -0.3 is 20.0 Å². The van der Waals surface area contributed by atoms with Gasteiger partial charge in [0.05, 0.1) is 23.7 Å². The summed E-state index contributed by atoms with van der Waals surface area (Å²) in [7, 11) is 3.42. The summed E-state index contributed by atoms with van der Waals surface area (Å²) in [5.74, 6) is 0.765. The van der Waals surface area contributed by atoms with Gasteiger partial charge in [-0.2, -0.15) is 0 Å². The highest BCUT2D eigenvalue weighted by Crippen LogP contribution is 2.16. The van der Waals surface area contributed by atoms with E-state index < -0.39 is 12.2 Å². The summed E-state index contributed by atoms with van der Waals surface area (Å²) in [6.07, 6.45) is -1.92. The summed E-state index contributed by atoms with van der Waals surface area (Å²) in [5.41, 5.74) is 1.62. The zero-order chi connectivity index (χ0) is 21.9. The fraction of sp³-hybridized carbons (Fsp3) is 0.364.